The Morgan fingerprint density at radius 3 is 2.88 bits per heavy atom. The summed E-state index contributed by atoms with van der Waals surface area (Å²) in [6.45, 7) is 4.96. The van der Waals surface area contributed by atoms with Crippen LogP contribution in [0.4, 0.5) is 4.39 Å². The highest BCUT2D eigenvalue weighted by molar-refractivity contribution is 5.04. The second-order valence-electron chi connectivity index (χ2n) is 3.72. The van der Waals surface area contributed by atoms with Crippen molar-refractivity contribution in [2.45, 2.75) is 25.7 Å². The van der Waals surface area contributed by atoms with E-state index in [0.29, 0.717) is 5.56 Å². The zero-order valence-corrected chi connectivity index (χ0v) is 8.70. The molecule has 1 aromatic heterocycles. The van der Waals surface area contributed by atoms with Gasteiger partial charge in [0.15, 0.2) is 12.4 Å². The zero-order valence-electron chi connectivity index (χ0n) is 8.70. The topological polar surface area (TPSA) is 64.1 Å². The van der Waals surface area contributed by atoms with Crippen LogP contribution in [0.1, 0.15) is 18.2 Å². The summed E-state index contributed by atoms with van der Waals surface area (Å²) in [4.78, 5) is 24.7. The molecule has 1 unspecified atom stereocenters. The summed E-state index contributed by atoms with van der Waals surface area (Å²) in [7, 11) is 0. The molecule has 0 aliphatic carbocycles. The molecule has 0 aromatic carbocycles. The third-order valence-corrected chi connectivity index (χ3v) is 2.50. The Balaban J connectivity index is 2.43. The van der Waals surface area contributed by atoms with E-state index in [0.717, 1.165) is 0 Å². The lowest BCUT2D eigenvalue weighted by atomic mass is 10.2. The monoisotopic (exact) mass is 226 g/mol. The Morgan fingerprint density at radius 1 is 1.62 bits per heavy atom. The van der Waals surface area contributed by atoms with E-state index >= 15 is 0 Å². The van der Waals surface area contributed by atoms with Gasteiger partial charge in [0.05, 0.1) is 0 Å². The van der Waals surface area contributed by atoms with Crippen molar-refractivity contribution in [3.05, 3.63) is 44.9 Å². The highest BCUT2D eigenvalue weighted by Crippen LogP contribution is 2.31. The summed E-state index contributed by atoms with van der Waals surface area (Å²) < 4.78 is 19.4. The minimum Gasteiger partial charge on any atom is -0.472 e. The summed E-state index contributed by atoms with van der Waals surface area (Å²) >= 11 is 0. The number of H-pyrrole nitrogens is 1. The molecule has 2 atom stereocenters. The van der Waals surface area contributed by atoms with Crippen molar-refractivity contribution in [1.29, 1.82) is 0 Å². The molecule has 6 heteroatoms. The lowest BCUT2D eigenvalue weighted by Gasteiger charge is -2.13. The summed E-state index contributed by atoms with van der Waals surface area (Å²) in [5, 5.41) is 0. The van der Waals surface area contributed by atoms with Gasteiger partial charge >= 0.3 is 5.69 Å². The Hall–Kier alpha value is -1.85. The minimum absolute atomic E-state index is 0.0146. The number of hydrogen-bond donors (Lipinski definition) is 1. The number of nitrogens with one attached hydrogen (secondary N) is 1. The molecule has 0 amide bonds. The van der Waals surface area contributed by atoms with E-state index in [1.807, 2.05) is 0 Å². The molecular weight excluding hydrogens is 215 g/mol. The fraction of sp³-hybridized carbons (Fsp3) is 0.400. The van der Waals surface area contributed by atoms with Crippen LogP contribution in [0.15, 0.2) is 28.1 Å². The average Bonchev–Trinajstić information content (AvgIpc) is 2.53. The largest absolute Gasteiger partial charge is 0.472 e. The number of aromatic amines is 1. The smallest absolute Gasteiger partial charge is 0.331 e. The maximum Gasteiger partial charge on any atom is 0.331 e. The van der Waals surface area contributed by atoms with E-state index in [-0.39, 0.29) is 12.2 Å². The van der Waals surface area contributed by atoms with Crippen molar-refractivity contribution in [2.24, 2.45) is 0 Å². The highest BCUT2D eigenvalue weighted by Gasteiger charge is 2.31. The molecule has 5 nitrogen and oxygen atoms in total. The van der Waals surface area contributed by atoms with Crippen LogP contribution < -0.4 is 11.2 Å². The van der Waals surface area contributed by atoms with Crippen LogP contribution in [-0.4, -0.2) is 15.7 Å². The second kappa shape index (κ2) is 3.62. The van der Waals surface area contributed by atoms with Crippen LogP contribution in [-0.2, 0) is 4.74 Å². The van der Waals surface area contributed by atoms with Gasteiger partial charge in [-0.1, -0.05) is 6.58 Å². The van der Waals surface area contributed by atoms with Gasteiger partial charge in [-0.3, -0.25) is 14.3 Å². The Bertz CT molecular complexity index is 546. The number of allylic oxidation sites excluding steroid dienone is 1. The molecule has 2 rings (SSSR count). The molecule has 1 aliphatic heterocycles. The van der Waals surface area contributed by atoms with E-state index < -0.39 is 23.6 Å². The minimum atomic E-state index is -1.27. The van der Waals surface area contributed by atoms with Crippen molar-refractivity contribution >= 4 is 0 Å². The van der Waals surface area contributed by atoms with E-state index in [9.17, 15) is 14.0 Å². The van der Waals surface area contributed by atoms with E-state index in [4.69, 9.17) is 4.74 Å². The molecule has 1 aromatic rings. The van der Waals surface area contributed by atoms with Crippen molar-refractivity contribution in [3.63, 3.8) is 0 Å². The van der Waals surface area contributed by atoms with Crippen molar-refractivity contribution in [2.75, 3.05) is 0 Å². The number of halogens is 1. The fourth-order valence-electron chi connectivity index (χ4n) is 1.58. The molecule has 1 N–H and O–H groups in total. The van der Waals surface area contributed by atoms with E-state index in [1.54, 1.807) is 6.92 Å². The number of ether oxygens (including phenoxy) is 1. The number of aromatic nitrogens is 2. The number of rotatable bonds is 1. The number of nitrogens with zero attached hydrogens (tertiary/aromatic N) is 1. The molecule has 16 heavy (non-hydrogen) atoms. The first-order chi connectivity index (χ1) is 7.49. The molecular formula is C10H11FN2O3. The Labute approximate surface area is 90.2 Å². The zero-order chi connectivity index (χ0) is 11.9. The van der Waals surface area contributed by atoms with Crippen molar-refractivity contribution < 1.29 is 9.13 Å². The summed E-state index contributed by atoms with van der Waals surface area (Å²) in [6, 6.07) is 0. The fourth-order valence-corrected chi connectivity index (χ4v) is 1.58. The molecule has 0 saturated carbocycles. The van der Waals surface area contributed by atoms with Gasteiger partial charge in [0.1, 0.15) is 5.76 Å². The van der Waals surface area contributed by atoms with E-state index in [1.165, 1.54) is 10.8 Å². The SMILES string of the molecule is C=C1OC(n2cc(C)c(=O)[nH]c2=O)C[C@@H]1F. The van der Waals surface area contributed by atoms with Crippen LogP contribution in [0.5, 0.6) is 0 Å². The molecule has 0 spiro atoms. The predicted octanol–water partition coefficient (Wildman–Crippen LogP) is 0.616. The molecule has 1 aliphatic rings. The van der Waals surface area contributed by atoms with Gasteiger partial charge < -0.3 is 4.74 Å². The summed E-state index contributed by atoms with van der Waals surface area (Å²) in [5.74, 6) is 0.0146. The molecule has 2 heterocycles. The summed E-state index contributed by atoms with van der Waals surface area (Å²) in [6.07, 6.45) is -0.615. The lowest BCUT2D eigenvalue weighted by Crippen LogP contribution is -2.33. The van der Waals surface area contributed by atoms with Crippen LogP contribution in [0.2, 0.25) is 0 Å². The molecule has 86 valence electrons. The van der Waals surface area contributed by atoms with Gasteiger partial charge in [0.25, 0.3) is 5.56 Å². The summed E-state index contributed by atoms with van der Waals surface area (Å²) in [5.41, 5.74) is -0.687. The predicted molar refractivity (Wildman–Crippen MR) is 54.8 cm³/mol. The molecule has 0 bridgehead atoms. The van der Waals surface area contributed by atoms with Crippen LogP contribution in [0.25, 0.3) is 0 Å². The van der Waals surface area contributed by atoms with Gasteiger partial charge in [-0.2, -0.15) is 0 Å². The van der Waals surface area contributed by atoms with Crippen molar-refractivity contribution in [3.8, 4) is 0 Å². The molecule has 1 fully saturated rings. The van der Waals surface area contributed by atoms with Gasteiger partial charge in [-0.25, -0.2) is 9.18 Å². The number of aryl methyl sites for hydroxylation is 1. The van der Waals surface area contributed by atoms with Crippen LogP contribution >= 0.6 is 0 Å². The van der Waals surface area contributed by atoms with Gasteiger partial charge in [-0.05, 0) is 6.92 Å². The highest BCUT2D eigenvalue weighted by atomic mass is 19.1. The quantitative estimate of drug-likeness (QED) is 0.763. The lowest BCUT2D eigenvalue weighted by molar-refractivity contribution is 0.0935. The first kappa shape index (κ1) is 10.7. The standard InChI is InChI=1S/C10H11FN2O3/c1-5-4-13(10(15)12-9(5)14)8-3-7(11)6(2)16-8/h4,7-8H,2-3H2,1H3,(H,12,14,15)/t7-,8?/m0/s1. The van der Waals surface area contributed by atoms with Crippen LogP contribution in [0, 0.1) is 6.92 Å². The molecule has 0 radical (unpaired) electrons. The van der Waals surface area contributed by atoms with Gasteiger partial charge in [-0.15, -0.1) is 0 Å². The van der Waals surface area contributed by atoms with Gasteiger partial charge in [0.2, 0.25) is 0 Å². The first-order valence-electron chi connectivity index (χ1n) is 4.80. The third-order valence-electron chi connectivity index (χ3n) is 2.50. The number of hydrogen-bond acceptors (Lipinski definition) is 3. The maximum atomic E-state index is 13.2. The van der Waals surface area contributed by atoms with Crippen LogP contribution in [0.3, 0.4) is 0 Å². The third kappa shape index (κ3) is 1.66. The number of alkyl halides is 1. The normalized spacial score (nSPS) is 24.5. The Morgan fingerprint density at radius 2 is 2.31 bits per heavy atom. The van der Waals surface area contributed by atoms with E-state index in [2.05, 4.69) is 11.6 Å². The maximum absolute atomic E-state index is 13.2. The molecule has 1 saturated heterocycles. The van der Waals surface area contributed by atoms with Gasteiger partial charge in [0, 0.05) is 18.2 Å². The second-order valence-corrected chi connectivity index (χ2v) is 3.72. The van der Waals surface area contributed by atoms with Crippen molar-refractivity contribution in [1.82, 2.24) is 9.55 Å². The Kier molecular flexibility index (Phi) is 2.41. The average molecular weight is 226 g/mol. The first-order valence-corrected chi connectivity index (χ1v) is 4.80.